The standard InChI is InChI=1S/C13H13N3OS/c1-8-16-12-5-11(10(14)4-13(12)18-8)15-6-9-2-3-17-7-9/h2-5,7,15H,6,14H2,1H3. The lowest BCUT2D eigenvalue weighted by molar-refractivity contribution is 0.564. The summed E-state index contributed by atoms with van der Waals surface area (Å²) in [5, 5.41) is 4.35. The van der Waals surface area contributed by atoms with Gasteiger partial charge < -0.3 is 15.5 Å². The summed E-state index contributed by atoms with van der Waals surface area (Å²) in [7, 11) is 0. The average Bonchev–Trinajstić information content (AvgIpc) is 2.94. The molecule has 3 N–H and O–H groups in total. The highest BCUT2D eigenvalue weighted by Crippen LogP contribution is 2.29. The van der Waals surface area contributed by atoms with Gasteiger partial charge in [-0.2, -0.15) is 0 Å². The fraction of sp³-hybridized carbons (Fsp3) is 0.154. The molecule has 0 unspecified atom stereocenters. The van der Waals surface area contributed by atoms with Crippen LogP contribution in [0.25, 0.3) is 10.2 Å². The van der Waals surface area contributed by atoms with Crippen LogP contribution in [0, 0.1) is 6.92 Å². The number of nitrogen functional groups attached to an aromatic ring is 1. The van der Waals surface area contributed by atoms with Gasteiger partial charge in [0.1, 0.15) is 0 Å². The van der Waals surface area contributed by atoms with Crippen LogP contribution in [0.1, 0.15) is 10.6 Å². The Morgan fingerprint density at radius 1 is 1.44 bits per heavy atom. The average molecular weight is 259 g/mol. The Labute approximate surface area is 108 Å². The first kappa shape index (κ1) is 11.1. The molecule has 0 aliphatic carbocycles. The number of aryl methyl sites for hydroxylation is 1. The molecule has 0 bridgehead atoms. The monoisotopic (exact) mass is 259 g/mol. The van der Waals surface area contributed by atoms with E-state index in [2.05, 4.69) is 10.3 Å². The predicted molar refractivity (Wildman–Crippen MR) is 74.8 cm³/mol. The molecular weight excluding hydrogens is 246 g/mol. The molecule has 0 aliphatic heterocycles. The Balaban J connectivity index is 1.88. The minimum Gasteiger partial charge on any atom is -0.472 e. The summed E-state index contributed by atoms with van der Waals surface area (Å²) in [5.74, 6) is 0. The van der Waals surface area contributed by atoms with E-state index in [9.17, 15) is 0 Å². The van der Waals surface area contributed by atoms with Gasteiger partial charge in [-0.25, -0.2) is 4.98 Å². The van der Waals surface area contributed by atoms with Gasteiger partial charge in [-0.1, -0.05) is 0 Å². The number of nitrogens with one attached hydrogen (secondary N) is 1. The molecule has 0 amide bonds. The lowest BCUT2D eigenvalue weighted by Gasteiger charge is -2.07. The number of benzene rings is 1. The summed E-state index contributed by atoms with van der Waals surface area (Å²) in [6, 6.07) is 5.89. The van der Waals surface area contributed by atoms with Crippen LogP contribution in [0.3, 0.4) is 0 Å². The van der Waals surface area contributed by atoms with E-state index in [0.717, 1.165) is 32.2 Å². The highest BCUT2D eigenvalue weighted by Gasteiger charge is 2.06. The highest BCUT2D eigenvalue weighted by atomic mass is 32.1. The van der Waals surface area contributed by atoms with E-state index < -0.39 is 0 Å². The van der Waals surface area contributed by atoms with Crippen LogP contribution in [0.5, 0.6) is 0 Å². The second-order valence-corrected chi connectivity index (χ2v) is 5.36. The van der Waals surface area contributed by atoms with Crippen molar-refractivity contribution in [2.45, 2.75) is 13.5 Å². The predicted octanol–water partition coefficient (Wildman–Crippen LogP) is 3.39. The van der Waals surface area contributed by atoms with E-state index in [1.165, 1.54) is 0 Å². The number of furan rings is 1. The number of thiazole rings is 1. The van der Waals surface area contributed by atoms with Crippen LogP contribution >= 0.6 is 11.3 Å². The van der Waals surface area contributed by atoms with Gasteiger partial charge in [0.2, 0.25) is 0 Å². The molecule has 1 aromatic carbocycles. The summed E-state index contributed by atoms with van der Waals surface area (Å²) in [5.41, 5.74) is 9.76. The fourth-order valence-corrected chi connectivity index (χ4v) is 2.71. The molecule has 3 aromatic rings. The van der Waals surface area contributed by atoms with Gasteiger partial charge in [0.25, 0.3) is 0 Å². The molecule has 2 heterocycles. The molecule has 0 saturated carbocycles. The van der Waals surface area contributed by atoms with E-state index in [4.69, 9.17) is 10.2 Å². The summed E-state index contributed by atoms with van der Waals surface area (Å²) in [4.78, 5) is 4.46. The van der Waals surface area contributed by atoms with Crippen molar-refractivity contribution < 1.29 is 4.42 Å². The first-order valence-electron chi connectivity index (χ1n) is 5.64. The Hall–Kier alpha value is -2.01. The molecule has 5 heteroatoms. The molecule has 2 aromatic heterocycles. The van der Waals surface area contributed by atoms with E-state index >= 15 is 0 Å². The maximum absolute atomic E-state index is 6.03. The molecule has 0 saturated heterocycles. The first-order valence-corrected chi connectivity index (χ1v) is 6.45. The molecule has 0 radical (unpaired) electrons. The third-order valence-electron chi connectivity index (χ3n) is 2.73. The van der Waals surface area contributed by atoms with Crippen LogP contribution < -0.4 is 11.1 Å². The molecule has 0 atom stereocenters. The second kappa shape index (κ2) is 4.34. The van der Waals surface area contributed by atoms with Crippen LogP contribution in [0.15, 0.2) is 35.1 Å². The number of anilines is 2. The van der Waals surface area contributed by atoms with Crippen LogP contribution in [-0.4, -0.2) is 4.98 Å². The maximum Gasteiger partial charge on any atom is 0.0952 e. The van der Waals surface area contributed by atoms with Gasteiger partial charge in [0.05, 0.1) is 39.1 Å². The number of fused-ring (bicyclic) bond motifs is 1. The summed E-state index contributed by atoms with van der Waals surface area (Å²) in [6.45, 7) is 2.69. The summed E-state index contributed by atoms with van der Waals surface area (Å²) < 4.78 is 6.15. The molecule has 0 fully saturated rings. The van der Waals surface area contributed by atoms with Crippen molar-refractivity contribution >= 4 is 32.9 Å². The van der Waals surface area contributed by atoms with Crippen LogP contribution in [-0.2, 0) is 6.54 Å². The number of aromatic nitrogens is 1. The van der Waals surface area contributed by atoms with Gasteiger partial charge in [-0.05, 0) is 25.1 Å². The topological polar surface area (TPSA) is 64.1 Å². The van der Waals surface area contributed by atoms with Crippen molar-refractivity contribution in [3.63, 3.8) is 0 Å². The summed E-state index contributed by atoms with van der Waals surface area (Å²) >= 11 is 1.66. The van der Waals surface area contributed by atoms with E-state index in [1.54, 1.807) is 23.9 Å². The zero-order valence-corrected chi connectivity index (χ0v) is 10.8. The molecule has 3 rings (SSSR count). The molecular formula is C13H13N3OS. The van der Waals surface area contributed by atoms with Gasteiger partial charge in [0, 0.05) is 12.1 Å². The number of hydrogen-bond donors (Lipinski definition) is 2. The third-order valence-corrected chi connectivity index (χ3v) is 3.66. The lowest BCUT2D eigenvalue weighted by atomic mass is 10.2. The number of nitrogens with two attached hydrogens (primary N) is 1. The van der Waals surface area contributed by atoms with Crippen molar-refractivity contribution in [3.8, 4) is 0 Å². The van der Waals surface area contributed by atoms with Gasteiger partial charge >= 0.3 is 0 Å². The Morgan fingerprint density at radius 2 is 2.33 bits per heavy atom. The number of nitrogens with zero attached hydrogens (tertiary/aromatic N) is 1. The van der Waals surface area contributed by atoms with Crippen molar-refractivity contribution in [2.75, 3.05) is 11.1 Å². The normalized spacial score (nSPS) is 10.9. The Bertz CT molecular complexity index is 673. The zero-order valence-electron chi connectivity index (χ0n) is 9.93. The minimum absolute atomic E-state index is 0.690. The van der Waals surface area contributed by atoms with Crippen LogP contribution in [0.4, 0.5) is 11.4 Å². The number of rotatable bonds is 3. The number of hydrogen-bond acceptors (Lipinski definition) is 5. The molecule has 4 nitrogen and oxygen atoms in total. The smallest absolute Gasteiger partial charge is 0.0952 e. The van der Waals surface area contributed by atoms with Crippen molar-refractivity contribution in [1.82, 2.24) is 4.98 Å². The first-order chi connectivity index (χ1) is 8.72. The van der Waals surface area contributed by atoms with Crippen molar-refractivity contribution in [3.05, 3.63) is 41.3 Å². The lowest BCUT2D eigenvalue weighted by Crippen LogP contribution is -2.01. The van der Waals surface area contributed by atoms with Crippen molar-refractivity contribution in [1.29, 1.82) is 0 Å². The fourth-order valence-electron chi connectivity index (χ4n) is 1.85. The third kappa shape index (κ3) is 2.04. The summed E-state index contributed by atoms with van der Waals surface area (Å²) in [6.07, 6.45) is 3.38. The van der Waals surface area contributed by atoms with Gasteiger partial charge in [-0.3, -0.25) is 0 Å². The maximum atomic E-state index is 6.03. The minimum atomic E-state index is 0.690. The Kier molecular flexibility index (Phi) is 2.68. The molecule has 18 heavy (non-hydrogen) atoms. The largest absolute Gasteiger partial charge is 0.472 e. The van der Waals surface area contributed by atoms with Gasteiger partial charge in [0.15, 0.2) is 0 Å². The zero-order chi connectivity index (χ0) is 12.5. The van der Waals surface area contributed by atoms with Crippen molar-refractivity contribution in [2.24, 2.45) is 0 Å². The van der Waals surface area contributed by atoms with E-state index in [0.29, 0.717) is 6.54 Å². The highest BCUT2D eigenvalue weighted by molar-refractivity contribution is 7.18. The van der Waals surface area contributed by atoms with E-state index in [1.807, 2.05) is 25.1 Å². The quantitative estimate of drug-likeness (QED) is 0.708. The molecule has 0 spiro atoms. The SMILES string of the molecule is Cc1nc2cc(NCc3ccoc3)c(N)cc2s1. The van der Waals surface area contributed by atoms with E-state index in [-0.39, 0.29) is 0 Å². The van der Waals surface area contributed by atoms with Gasteiger partial charge in [-0.15, -0.1) is 11.3 Å². The molecule has 0 aliphatic rings. The Morgan fingerprint density at radius 3 is 3.11 bits per heavy atom. The molecule has 92 valence electrons. The van der Waals surface area contributed by atoms with Crippen LogP contribution in [0.2, 0.25) is 0 Å². The second-order valence-electron chi connectivity index (χ2n) is 4.13.